The van der Waals surface area contributed by atoms with E-state index in [1.165, 1.54) is 32.7 Å². The SMILES string of the molecule is Cc1ccc2c(c1)c1ccccc1n2-c1cc(C#N)cc(-n2c3ccccc3c3cc(C)ccc32)c1-c1ccncc1. The van der Waals surface area contributed by atoms with E-state index in [9.17, 15) is 5.26 Å². The van der Waals surface area contributed by atoms with Crippen molar-refractivity contribution in [2.45, 2.75) is 13.8 Å². The average molecular weight is 539 g/mol. The van der Waals surface area contributed by atoms with Gasteiger partial charge in [0.2, 0.25) is 0 Å². The van der Waals surface area contributed by atoms with Crippen LogP contribution in [0, 0.1) is 25.2 Å². The largest absolute Gasteiger partial charge is 0.308 e. The fraction of sp³-hybridized carbons (Fsp3) is 0.0526. The molecular formula is C38H26N4. The maximum Gasteiger partial charge on any atom is 0.0993 e. The monoisotopic (exact) mass is 538 g/mol. The maximum absolute atomic E-state index is 10.4. The fourth-order valence-electron chi connectivity index (χ4n) is 6.54. The van der Waals surface area contributed by atoms with Crippen LogP contribution in [-0.2, 0) is 0 Å². The molecule has 0 spiro atoms. The van der Waals surface area contributed by atoms with Gasteiger partial charge in [-0.05, 0) is 80.1 Å². The lowest BCUT2D eigenvalue weighted by Crippen LogP contribution is -2.05. The van der Waals surface area contributed by atoms with Gasteiger partial charge in [-0.1, -0.05) is 59.7 Å². The third-order valence-corrected chi connectivity index (χ3v) is 8.33. The standard InChI is InChI=1S/C38H26N4/c1-24-11-13-34-30(19-24)28-7-3-5-9-32(28)41(34)36-21-26(23-39)22-37(38(36)27-15-17-40-18-16-27)42-33-10-6-4-8-29(33)31-20-25(2)12-14-35(31)42/h3-22H,1-2H3. The molecule has 0 N–H and O–H groups in total. The van der Waals surface area contributed by atoms with E-state index in [-0.39, 0.29) is 0 Å². The molecule has 4 heteroatoms. The molecule has 5 aromatic carbocycles. The van der Waals surface area contributed by atoms with Gasteiger partial charge in [-0.3, -0.25) is 4.98 Å². The molecule has 0 atom stereocenters. The topological polar surface area (TPSA) is 46.5 Å². The van der Waals surface area contributed by atoms with Crippen molar-refractivity contribution in [2.75, 3.05) is 0 Å². The van der Waals surface area contributed by atoms with Crippen LogP contribution in [0.15, 0.2) is 122 Å². The summed E-state index contributed by atoms with van der Waals surface area (Å²) in [5, 5.41) is 15.2. The highest BCUT2D eigenvalue weighted by atomic mass is 15.0. The molecule has 0 saturated heterocycles. The van der Waals surface area contributed by atoms with Gasteiger partial charge in [-0.2, -0.15) is 5.26 Å². The highest BCUT2D eigenvalue weighted by molar-refractivity contribution is 6.12. The second-order valence-corrected chi connectivity index (χ2v) is 11.0. The number of nitriles is 1. The Morgan fingerprint density at radius 1 is 0.548 bits per heavy atom. The van der Waals surface area contributed by atoms with Crippen molar-refractivity contribution in [1.29, 1.82) is 5.26 Å². The summed E-state index contributed by atoms with van der Waals surface area (Å²) in [6, 6.07) is 41.0. The highest BCUT2D eigenvalue weighted by Gasteiger charge is 2.23. The number of fused-ring (bicyclic) bond motifs is 6. The van der Waals surface area contributed by atoms with E-state index >= 15 is 0 Å². The molecule has 198 valence electrons. The summed E-state index contributed by atoms with van der Waals surface area (Å²) in [4.78, 5) is 4.34. The number of aryl methyl sites for hydroxylation is 2. The van der Waals surface area contributed by atoms with Crippen LogP contribution in [0.1, 0.15) is 16.7 Å². The maximum atomic E-state index is 10.4. The smallest absolute Gasteiger partial charge is 0.0993 e. The van der Waals surface area contributed by atoms with E-state index in [1.807, 2.05) is 24.5 Å². The summed E-state index contributed by atoms with van der Waals surface area (Å²) < 4.78 is 4.64. The van der Waals surface area contributed by atoms with Crippen molar-refractivity contribution in [2.24, 2.45) is 0 Å². The van der Waals surface area contributed by atoms with Crippen LogP contribution < -0.4 is 0 Å². The molecule has 0 aliphatic rings. The van der Waals surface area contributed by atoms with Crippen LogP contribution in [0.3, 0.4) is 0 Å². The number of hydrogen-bond acceptors (Lipinski definition) is 2. The molecule has 0 aliphatic heterocycles. The molecule has 4 nitrogen and oxygen atoms in total. The first-order valence-corrected chi connectivity index (χ1v) is 14.1. The first-order chi connectivity index (χ1) is 20.6. The predicted molar refractivity (Wildman–Crippen MR) is 173 cm³/mol. The number of benzene rings is 5. The first kappa shape index (κ1) is 24.2. The molecule has 0 unspecified atom stereocenters. The van der Waals surface area contributed by atoms with Gasteiger partial charge >= 0.3 is 0 Å². The summed E-state index contributed by atoms with van der Waals surface area (Å²) in [5.74, 6) is 0. The van der Waals surface area contributed by atoms with E-state index in [1.54, 1.807) is 0 Å². The van der Waals surface area contributed by atoms with Crippen molar-refractivity contribution in [3.05, 3.63) is 138 Å². The van der Waals surface area contributed by atoms with E-state index in [2.05, 4.69) is 131 Å². The molecule has 3 heterocycles. The van der Waals surface area contributed by atoms with Gasteiger partial charge in [0.15, 0.2) is 0 Å². The minimum atomic E-state index is 0.605. The Labute approximate surface area is 243 Å². The number of para-hydroxylation sites is 2. The molecule has 0 bridgehead atoms. The van der Waals surface area contributed by atoms with Gasteiger partial charge < -0.3 is 9.13 Å². The van der Waals surface area contributed by atoms with Gasteiger partial charge in [0.25, 0.3) is 0 Å². The van der Waals surface area contributed by atoms with Gasteiger partial charge in [0.1, 0.15) is 0 Å². The van der Waals surface area contributed by atoms with Crippen LogP contribution in [0.4, 0.5) is 0 Å². The summed E-state index contributed by atoms with van der Waals surface area (Å²) in [6.07, 6.45) is 3.68. The zero-order chi connectivity index (χ0) is 28.4. The highest BCUT2D eigenvalue weighted by Crippen LogP contribution is 2.42. The van der Waals surface area contributed by atoms with Crippen LogP contribution in [0.2, 0.25) is 0 Å². The van der Waals surface area contributed by atoms with Crippen molar-refractivity contribution in [1.82, 2.24) is 14.1 Å². The van der Waals surface area contributed by atoms with Crippen LogP contribution in [-0.4, -0.2) is 14.1 Å². The Bertz CT molecular complexity index is 2240. The second-order valence-electron chi connectivity index (χ2n) is 11.0. The van der Waals surface area contributed by atoms with Gasteiger partial charge in [-0.15, -0.1) is 0 Å². The Morgan fingerprint density at radius 2 is 1.02 bits per heavy atom. The summed E-state index contributed by atoms with van der Waals surface area (Å²) in [6.45, 7) is 4.26. The Kier molecular flexibility index (Phi) is 5.29. The third-order valence-electron chi connectivity index (χ3n) is 8.33. The van der Waals surface area contributed by atoms with E-state index in [0.717, 1.165) is 44.6 Å². The Balaban J connectivity index is 1.60. The minimum Gasteiger partial charge on any atom is -0.308 e. The van der Waals surface area contributed by atoms with Crippen molar-refractivity contribution >= 4 is 43.6 Å². The third kappa shape index (κ3) is 3.51. The molecule has 0 amide bonds. The van der Waals surface area contributed by atoms with E-state index in [0.29, 0.717) is 5.56 Å². The summed E-state index contributed by atoms with van der Waals surface area (Å²) in [7, 11) is 0. The lowest BCUT2D eigenvalue weighted by Gasteiger charge is -2.20. The minimum absolute atomic E-state index is 0.605. The molecule has 42 heavy (non-hydrogen) atoms. The quantitative estimate of drug-likeness (QED) is 0.225. The lowest BCUT2D eigenvalue weighted by molar-refractivity contribution is 1.13. The predicted octanol–water partition coefficient (Wildman–Crippen LogP) is 9.43. The van der Waals surface area contributed by atoms with Gasteiger partial charge in [0.05, 0.1) is 45.1 Å². The summed E-state index contributed by atoms with van der Waals surface area (Å²) in [5.41, 5.74) is 11.5. The molecule has 0 fully saturated rings. The van der Waals surface area contributed by atoms with Crippen molar-refractivity contribution in [3.63, 3.8) is 0 Å². The van der Waals surface area contributed by atoms with Crippen LogP contribution in [0.25, 0.3) is 66.1 Å². The van der Waals surface area contributed by atoms with Gasteiger partial charge in [-0.25, -0.2) is 0 Å². The number of pyridine rings is 1. The first-order valence-electron chi connectivity index (χ1n) is 14.1. The fourth-order valence-corrected chi connectivity index (χ4v) is 6.54. The Hall–Kier alpha value is -5.66. The van der Waals surface area contributed by atoms with Gasteiger partial charge in [0, 0.05) is 39.5 Å². The van der Waals surface area contributed by atoms with E-state index < -0.39 is 0 Å². The number of aromatic nitrogens is 3. The Morgan fingerprint density at radius 3 is 1.52 bits per heavy atom. The molecule has 0 saturated carbocycles. The van der Waals surface area contributed by atoms with E-state index in [4.69, 9.17) is 0 Å². The van der Waals surface area contributed by atoms with Crippen LogP contribution >= 0.6 is 0 Å². The lowest BCUT2D eigenvalue weighted by atomic mass is 9.99. The van der Waals surface area contributed by atoms with Crippen molar-refractivity contribution in [3.8, 4) is 28.6 Å². The van der Waals surface area contributed by atoms with Crippen molar-refractivity contribution < 1.29 is 0 Å². The van der Waals surface area contributed by atoms with Crippen LogP contribution in [0.5, 0.6) is 0 Å². The molecule has 8 rings (SSSR count). The molecular weight excluding hydrogens is 512 g/mol. The molecule has 0 radical (unpaired) electrons. The normalized spacial score (nSPS) is 11.5. The number of rotatable bonds is 3. The summed E-state index contributed by atoms with van der Waals surface area (Å²) >= 11 is 0. The average Bonchev–Trinajstić information content (AvgIpc) is 3.53. The zero-order valence-electron chi connectivity index (χ0n) is 23.3. The second kappa shape index (κ2) is 9.19. The zero-order valence-corrected chi connectivity index (χ0v) is 23.3. The number of nitrogens with zero attached hydrogens (tertiary/aromatic N) is 4. The molecule has 0 aliphatic carbocycles. The molecule has 3 aromatic heterocycles. The molecule has 8 aromatic rings. The number of hydrogen-bond donors (Lipinski definition) is 0.